The first kappa shape index (κ1) is 11.4. The van der Waals surface area contributed by atoms with Gasteiger partial charge in [0, 0.05) is 32.1 Å². The van der Waals surface area contributed by atoms with Gasteiger partial charge < -0.3 is 15.4 Å². The second kappa shape index (κ2) is 3.91. The molecule has 1 fully saturated rings. The summed E-state index contributed by atoms with van der Waals surface area (Å²) in [5.41, 5.74) is -0.515. The number of hydrogen-bond donors (Lipinski definition) is 2. The molecule has 0 saturated carbocycles. The van der Waals surface area contributed by atoms with Crippen molar-refractivity contribution in [3.05, 3.63) is 23.8 Å². The molecule has 0 radical (unpaired) electrons. The normalized spacial score (nSPS) is 21.1. The van der Waals surface area contributed by atoms with Gasteiger partial charge in [-0.25, -0.2) is 8.78 Å². The SMILES string of the molecule is O=C1Nc2c(F)cc(F)cc2NC12CCOCC2. The molecule has 0 atom stereocenters. The summed E-state index contributed by atoms with van der Waals surface area (Å²) in [7, 11) is 0. The van der Waals surface area contributed by atoms with E-state index in [4.69, 9.17) is 4.74 Å². The van der Waals surface area contributed by atoms with Crippen LogP contribution in [-0.4, -0.2) is 24.7 Å². The first-order valence-electron chi connectivity index (χ1n) is 5.77. The first-order chi connectivity index (χ1) is 8.61. The Morgan fingerprint density at radius 1 is 1.22 bits per heavy atom. The predicted molar refractivity (Wildman–Crippen MR) is 61.4 cm³/mol. The van der Waals surface area contributed by atoms with E-state index in [-0.39, 0.29) is 17.3 Å². The summed E-state index contributed by atoms with van der Waals surface area (Å²) in [5, 5.41) is 5.49. The van der Waals surface area contributed by atoms with Crippen LogP contribution in [0.2, 0.25) is 0 Å². The van der Waals surface area contributed by atoms with Gasteiger partial charge in [0.15, 0.2) is 5.82 Å². The molecule has 2 aliphatic heterocycles. The number of carbonyl (C=O) groups is 1. The van der Waals surface area contributed by atoms with E-state index in [0.717, 1.165) is 6.07 Å². The summed E-state index contributed by atoms with van der Waals surface area (Å²) in [6, 6.07) is 1.94. The number of anilines is 2. The van der Waals surface area contributed by atoms with Crippen LogP contribution >= 0.6 is 0 Å². The Morgan fingerprint density at radius 3 is 2.67 bits per heavy atom. The molecule has 0 aliphatic carbocycles. The molecule has 1 aromatic rings. The third kappa shape index (κ3) is 1.64. The molecule has 0 unspecified atom stereocenters. The highest BCUT2D eigenvalue weighted by Gasteiger charge is 2.44. The van der Waals surface area contributed by atoms with Crippen LogP contribution in [0.4, 0.5) is 20.2 Å². The number of nitrogens with one attached hydrogen (secondary N) is 2. The van der Waals surface area contributed by atoms with E-state index in [1.54, 1.807) is 0 Å². The van der Waals surface area contributed by atoms with Gasteiger partial charge in [-0.15, -0.1) is 0 Å². The Balaban J connectivity index is 2.02. The number of hydrogen-bond acceptors (Lipinski definition) is 3. The van der Waals surface area contributed by atoms with Crippen LogP contribution in [0.5, 0.6) is 0 Å². The lowest BCUT2D eigenvalue weighted by atomic mass is 9.86. The molecule has 3 rings (SSSR count). The monoisotopic (exact) mass is 254 g/mol. The van der Waals surface area contributed by atoms with Crippen LogP contribution in [0.1, 0.15) is 12.8 Å². The smallest absolute Gasteiger partial charge is 0.250 e. The second-order valence-corrected chi connectivity index (χ2v) is 4.58. The molecule has 1 aromatic carbocycles. The molecule has 1 spiro atoms. The van der Waals surface area contributed by atoms with Gasteiger partial charge in [0.25, 0.3) is 0 Å². The fraction of sp³-hybridized carbons (Fsp3) is 0.417. The third-order valence-corrected chi connectivity index (χ3v) is 3.45. The van der Waals surface area contributed by atoms with E-state index < -0.39 is 17.2 Å². The average molecular weight is 254 g/mol. The van der Waals surface area contributed by atoms with Gasteiger partial charge in [0.05, 0.1) is 5.69 Å². The molecule has 18 heavy (non-hydrogen) atoms. The van der Waals surface area contributed by atoms with Crippen LogP contribution < -0.4 is 10.6 Å². The molecule has 4 nitrogen and oxygen atoms in total. The molecule has 2 aliphatic rings. The number of benzene rings is 1. The average Bonchev–Trinajstić information content (AvgIpc) is 2.33. The number of amides is 1. The van der Waals surface area contributed by atoms with E-state index in [2.05, 4.69) is 10.6 Å². The maximum Gasteiger partial charge on any atom is 0.250 e. The lowest BCUT2D eigenvalue weighted by Crippen LogP contribution is -2.55. The molecule has 2 heterocycles. The van der Waals surface area contributed by atoms with Gasteiger partial charge in [-0.1, -0.05) is 0 Å². The number of carbonyl (C=O) groups excluding carboxylic acids is 1. The van der Waals surface area contributed by atoms with Crippen molar-refractivity contribution in [2.45, 2.75) is 18.4 Å². The number of fused-ring (bicyclic) bond motifs is 1. The second-order valence-electron chi connectivity index (χ2n) is 4.58. The summed E-state index contributed by atoms with van der Waals surface area (Å²) >= 11 is 0. The number of halogens is 2. The zero-order valence-electron chi connectivity index (χ0n) is 9.56. The Bertz CT molecular complexity index is 513. The molecule has 0 aromatic heterocycles. The summed E-state index contributed by atoms with van der Waals surface area (Å²) in [5.74, 6) is -1.73. The minimum Gasteiger partial charge on any atom is -0.381 e. The summed E-state index contributed by atoms with van der Waals surface area (Å²) < 4.78 is 31.9. The van der Waals surface area contributed by atoms with Gasteiger partial charge in [0.1, 0.15) is 17.0 Å². The lowest BCUT2D eigenvalue weighted by molar-refractivity contribution is -0.123. The van der Waals surface area contributed by atoms with Crippen LogP contribution in [0.15, 0.2) is 12.1 Å². The molecular weight excluding hydrogens is 242 g/mol. The van der Waals surface area contributed by atoms with Gasteiger partial charge >= 0.3 is 0 Å². The highest BCUT2D eigenvalue weighted by molar-refractivity contribution is 6.06. The van der Waals surface area contributed by atoms with Crippen molar-refractivity contribution < 1.29 is 18.3 Å². The molecule has 0 bridgehead atoms. The fourth-order valence-electron chi connectivity index (χ4n) is 2.42. The van der Waals surface area contributed by atoms with Crippen LogP contribution in [0.25, 0.3) is 0 Å². The maximum atomic E-state index is 13.5. The van der Waals surface area contributed by atoms with Crippen molar-refractivity contribution >= 4 is 17.3 Å². The number of ether oxygens (including phenoxy) is 1. The van der Waals surface area contributed by atoms with Crippen LogP contribution in [0, 0.1) is 11.6 Å². The highest BCUT2D eigenvalue weighted by Crippen LogP contribution is 2.37. The minimum atomic E-state index is -0.814. The van der Waals surface area contributed by atoms with Crippen molar-refractivity contribution in [3.8, 4) is 0 Å². The molecule has 2 N–H and O–H groups in total. The molecule has 96 valence electrons. The van der Waals surface area contributed by atoms with Gasteiger partial charge in [-0.05, 0) is 6.07 Å². The molecule has 1 amide bonds. The molecule has 1 saturated heterocycles. The van der Waals surface area contributed by atoms with Crippen molar-refractivity contribution in [3.63, 3.8) is 0 Å². The van der Waals surface area contributed by atoms with E-state index in [0.29, 0.717) is 26.1 Å². The van der Waals surface area contributed by atoms with Gasteiger partial charge in [0.2, 0.25) is 5.91 Å². The van der Waals surface area contributed by atoms with Crippen molar-refractivity contribution in [1.82, 2.24) is 0 Å². The van der Waals surface area contributed by atoms with Crippen LogP contribution in [0.3, 0.4) is 0 Å². The first-order valence-corrected chi connectivity index (χ1v) is 5.77. The van der Waals surface area contributed by atoms with Crippen molar-refractivity contribution in [2.24, 2.45) is 0 Å². The highest BCUT2D eigenvalue weighted by atomic mass is 19.1. The summed E-state index contributed by atoms with van der Waals surface area (Å²) in [6.07, 6.45) is 0.965. The van der Waals surface area contributed by atoms with E-state index in [1.807, 2.05) is 0 Å². The maximum absolute atomic E-state index is 13.5. The van der Waals surface area contributed by atoms with E-state index in [1.165, 1.54) is 6.07 Å². The largest absolute Gasteiger partial charge is 0.381 e. The van der Waals surface area contributed by atoms with Crippen molar-refractivity contribution in [1.29, 1.82) is 0 Å². The Kier molecular flexibility index (Phi) is 2.48. The summed E-state index contributed by atoms with van der Waals surface area (Å²) in [4.78, 5) is 12.1. The van der Waals surface area contributed by atoms with Gasteiger partial charge in [-0.2, -0.15) is 0 Å². The predicted octanol–water partition coefficient (Wildman–Crippen LogP) is 1.88. The summed E-state index contributed by atoms with van der Waals surface area (Å²) in [6.45, 7) is 0.904. The van der Waals surface area contributed by atoms with E-state index >= 15 is 0 Å². The molecular formula is C12H12F2N2O2. The fourth-order valence-corrected chi connectivity index (χ4v) is 2.42. The zero-order chi connectivity index (χ0) is 12.8. The van der Waals surface area contributed by atoms with E-state index in [9.17, 15) is 13.6 Å². The minimum absolute atomic E-state index is 0.0125. The lowest BCUT2D eigenvalue weighted by Gasteiger charge is -2.41. The Hall–Kier alpha value is -1.69. The zero-order valence-corrected chi connectivity index (χ0v) is 9.56. The van der Waals surface area contributed by atoms with Crippen molar-refractivity contribution in [2.75, 3.05) is 23.8 Å². The number of rotatable bonds is 0. The van der Waals surface area contributed by atoms with Crippen LogP contribution in [-0.2, 0) is 9.53 Å². The Labute approximate surface area is 102 Å². The standard InChI is InChI=1S/C12H12F2N2O2/c13-7-5-8(14)10-9(6-7)16-12(11(17)15-10)1-3-18-4-2-12/h5-6,16H,1-4H2,(H,15,17). The molecule has 6 heteroatoms. The third-order valence-electron chi connectivity index (χ3n) is 3.45. The Morgan fingerprint density at radius 2 is 1.94 bits per heavy atom. The quantitative estimate of drug-likeness (QED) is 0.743. The van der Waals surface area contributed by atoms with Gasteiger partial charge in [-0.3, -0.25) is 4.79 Å². The topological polar surface area (TPSA) is 50.4 Å².